The number of aromatic nitrogens is 1. The van der Waals surface area contributed by atoms with Crippen LogP contribution < -0.4 is 9.62 Å². The monoisotopic (exact) mass is 449 g/mol. The highest BCUT2D eigenvalue weighted by Crippen LogP contribution is 2.35. The van der Waals surface area contributed by atoms with Crippen molar-refractivity contribution < 1.29 is 13.2 Å². The lowest BCUT2D eigenvalue weighted by atomic mass is 9.83. The zero-order valence-electron chi connectivity index (χ0n) is 17.7. The molecule has 8 heteroatoms. The minimum absolute atomic E-state index is 0.00794. The quantitative estimate of drug-likeness (QED) is 0.698. The number of sulfonamides is 1. The van der Waals surface area contributed by atoms with Crippen LogP contribution in [0.3, 0.4) is 0 Å². The van der Waals surface area contributed by atoms with E-state index in [2.05, 4.69) is 44.9 Å². The summed E-state index contributed by atoms with van der Waals surface area (Å²) in [6.07, 6.45) is 8.53. The minimum atomic E-state index is -3.27. The lowest BCUT2D eigenvalue weighted by molar-refractivity contribution is 0.0157. The van der Waals surface area contributed by atoms with Crippen LogP contribution in [-0.4, -0.2) is 51.0 Å². The number of benzene rings is 1. The number of aryl methyl sites for hydroxylation is 1. The molecule has 0 spiro atoms. The highest BCUT2D eigenvalue weighted by molar-refractivity contribution is 7.88. The molecule has 2 atom stereocenters. The van der Waals surface area contributed by atoms with Crippen molar-refractivity contribution in [3.63, 3.8) is 0 Å². The minimum Gasteiger partial charge on any atom is -0.376 e. The summed E-state index contributed by atoms with van der Waals surface area (Å²) in [7, 11) is -3.27. The average Bonchev–Trinajstić information content (AvgIpc) is 3.32. The average molecular weight is 450 g/mol. The number of ether oxygens (including phenoxy) is 1. The number of hydrogen-bond donors (Lipinski definition) is 1. The zero-order chi connectivity index (χ0) is 21.1. The molecule has 2 fully saturated rings. The van der Waals surface area contributed by atoms with Crippen LogP contribution in [0.5, 0.6) is 0 Å². The van der Waals surface area contributed by atoms with Crippen molar-refractivity contribution in [3.8, 4) is 0 Å². The van der Waals surface area contributed by atoms with E-state index in [4.69, 9.17) is 4.74 Å². The summed E-state index contributed by atoms with van der Waals surface area (Å²) >= 11 is 1.65. The van der Waals surface area contributed by atoms with E-state index in [1.165, 1.54) is 11.8 Å². The molecule has 2 aliphatic rings. The first-order chi connectivity index (χ1) is 14.4. The second-order valence-corrected chi connectivity index (χ2v) is 11.5. The number of nitrogens with one attached hydrogen (secondary N) is 1. The Morgan fingerprint density at radius 2 is 1.90 bits per heavy atom. The molecule has 30 heavy (non-hydrogen) atoms. The molecule has 1 saturated heterocycles. The smallest absolute Gasteiger partial charge is 0.209 e. The van der Waals surface area contributed by atoms with Gasteiger partial charge in [0.15, 0.2) is 0 Å². The van der Waals surface area contributed by atoms with Crippen molar-refractivity contribution in [1.29, 1.82) is 0 Å². The molecular formula is C22H31N3O3S2. The van der Waals surface area contributed by atoms with Gasteiger partial charge in [-0.2, -0.15) is 0 Å². The predicted octanol–water partition coefficient (Wildman–Crippen LogP) is 3.69. The third-order valence-corrected chi connectivity index (χ3v) is 7.93. The summed E-state index contributed by atoms with van der Waals surface area (Å²) in [5, 5.41) is 2.11. The van der Waals surface area contributed by atoms with E-state index in [9.17, 15) is 8.42 Å². The first-order valence-electron chi connectivity index (χ1n) is 10.7. The zero-order valence-corrected chi connectivity index (χ0v) is 19.3. The van der Waals surface area contributed by atoms with Gasteiger partial charge in [-0.1, -0.05) is 30.3 Å². The highest BCUT2D eigenvalue weighted by atomic mass is 32.2. The Kier molecular flexibility index (Phi) is 6.77. The van der Waals surface area contributed by atoms with Gasteiger partial charge in [0.05, 0.1) is 36.2 Å². The molecule has 2 heterocycles. The molecular weight excluding hydrogens is 418 g/mol. The van der Waals surface area contributed by atoms with Crippen molar-refractivity contribution in [3.05, 3.63) is 47.1 Å². The summed E-state index contributed by atoms with van der Waals surface area (Å²) in [6.45, 7) is 3.33. The molecule has 0 amide bonds. The molecule has 164 valence electrons. The predicted molar refractivity (Wildman–Crippen MR) is 122 cm³/mol. The number of hydrogen-bond acceptors (Lipinski definition) is 6. The van der Waals surface area contributed by atoms with Crippen LogP contribution in [0.4, 0.5) is 5.00 Å². The Morgan fingerprint density at radius 1 is 1.17 bits per heavy atom. The maximum Gasteiger partial charge on any atom is 0.209 e. The number of rotatable bonds is 7. The van der Waals surface area contributed by atoms with Gasteiger partial charge in [-0.3, -0.25) is 0 Å². The van der Waals surface area contributed by atoms with Crippen molar-refractivity contribution in [2.45, 2.75) is 63.1 Å². The van der Waals surface area contributed by atoms with E-state index < -0.39 is 10.0 Å². The fraction of sp³-hybridized carbons (Fsp3) is 0.591. The summed E-state index contributed by atoms with van der Waals surface area (Å²) in [5.74, 6) is 0.619. The summed E-state index contributed by atoms with van der Waals surface area (Å²) in [6, 6.07) is 10.6. The van der Waals surface area contributed by atoms with Gasteiger partial charge in [0.1, 0.15) is 5.00 Å². The lowest BCUT2D eigenvalue weighted by Gasteiger charge is -2.33. The lowest BCUT2D eigenvalue weighted by Crippen LogP contribution is -2.47. The third kappa shape index (κ3) is 5.41. The van der Waals surface area contributed by atoms with Crippen molar-refractivity contribution in [2.24, 2.45) is 0 Å². The second kappa shape index (κ2) is 9.34. The van der Waals surface area contributed by atoms with Gasteiger partial charge in [0, 0.05) is 12.6 Å². The van der Waals surface area contributed by atoms with Crippen LogP contribution in [0.25, 0.3) is 0 Å². The maximum absolute atomic E-state index is 11.9. The number of anilines is 1. The maximum atomic E-state index is 11.9. The number of nitrogens with zero attached hydrogens (tertiary/aromatic N) is 2. The van der Waals surface area contributed by atoms with Gasteiger partial charge in [-0.15, -0.1) is 11.3 Å². The van der Waals surface area contributed by atoms with Gasteiger partial charge in [0.2, 0.25) is 10.0 Å². The van der Waals surface area contributed by atoms with Crippen molar-refractivity contribution in [2.75, 3.05) is 24.3 Å². The van der Waals surface area contributed by atoms with E-state index >= 15 is 0 Å². The Bertz CT molecular complexity index is 924. The number of thiazole rings is 1. The molecule has 6 nitrogen and oxygen atoms in total. The summed E-state index contributed by atoms with van der Waals surface area (Å²) in [5.41, 5.74) is 1.43. The van der Waals surface area contributed by atoms with Crippen LogP contribution in [-0.2, 0) is 14.8 Å². The van der Waals surface area contributed by atoms with Crippen LogP contribution >= 0.6 is 11.3 Å². The van der Waals surface area contributed by atoms with E-state index in [1.54, 1.807) is 11.3 Å². The molecule has 1 aliphatic heterocycles. The first-order valence-corrected chi connectivity index (χ1v) is 13.4. The van der Waals surface area contributed by atoms with Crippen LogP contribution in [0, 0.1) is 6.92 Å². The topological polar surface area (TPSA) is 71.5 Å². The molecule has 1 aromatic carbocycles. The SMILES string of the molecule is Cc1ncc(N2CCC(NS(C)(=O)=O)C2CO[C@H]2CC[C@@H](c3ccccc3)CC2)s1. The van der Waals surface area contributed by atoms with Crippen molar-refractivity contribution >= 4 is 26.4 Å². The largest absolute Gasteiger partial charge is 0.376 e. The van der Waals surface area contributed by atoms with Crippen LogP contribution in [0.1, 0.15) is 48.6 Å². The van der Waals surface area contributed by atoms with E-state index in [1.807, 2.05) is 13.1 Å². The fourth-order valence-corrected chi connectivity index (χ4v) is 6.43. The van der Waals surface area contributed by atoms with Crippen LogP contribution in [0.15, 0.2) is 36.5 Å². The highest BCUT2D eigenvalue weighted by Gasteiger charge is 2.37. The van der Waals surface area contributed by atoms with E-state index in [0.717, 1.165) is 48.7 Å². The third-order valence-electron chi connectivity index (χ3n) is 6.25. The second-order valence-electron chi connectivity index (χ2n) is 8.48. The Hall–Kier alpha value is -1.48. The van der Waals surface area contributed by atoms with Crippen molar-refractivity contribution in [1.82, 2.24) is 9.71 Å². The molecule has 0 radical (unpaired) electrons. The molecule has 1 aromatic heterocycles. The molecule has 1 aliphatic carbocycles. The Labute approximate surface area is 183 Å². The van der Waals surface area contributed by atoms with Gasteiger partial charge < -0.3 is 9.64 Å². The Balaban J connectivity index is 1.37. The van der Waals surface area contributed by atoms with E-state index in [-0.39, 0.29) is 18.2 Å². The summed E-state index contributed by atoms with van der Waals surface area (Å²) < 4.78 is 32.9. The van der Waals surface area contributed by atoms with Gasteiger partial charge in [0.25, 0.3) is 0 Å². The van der Waals surface area contributed by atoms with Crippen LogP contribution in [0.2, 0.25) is 0 Å². The van der Waals surface area contributed by atoms with Gasteiger partial charge >= 0.3 is 0 Å². The Morgan fingerprint density at radius 3 is 2.53 bits per heavy atom. The van der Waals surface area contributed by atoms with Gasteiger partial charge in [-0.25, -0.2) is 18.1 Å². The molecule has 2 aromatic rings. The summed E-state index contributed by atoms with van der Waals surface area (Å²) in [4.78, 5) is 6.65. The molecule has 1 saturated carbocycles. The van der Waals surface area contributed by atoms with Gasteiger partial charge in [-0.05, 0) is 50.5 Å². The normalized spacial score (nSPS) is 27.5. The molecule has 2 unspecified atom stereocenters. The fourth-order valence-electron chi connectivity index (χ4n) is 4.75. The first kappa shape index (κ1) is 21.7. The van der Waals surface area contributed by atoms with E-state index in [0.29, 0.717) is 12.5 Å². The standard InChI is InChI=1S/C22H31N3O3S2/c1-16-23-14-22(29-16)25-13-12-20(24-30(2,26)27)21(25)15-28-19-10-8-18(9-11-19)17-6-4-3-5-7-17/h3-7,14,18-21,24H,8-13,15H2,1-2H3/t18-,19+,20?,21?. The molecule has 4 rings (SSSR count). The molecule has 0 bridgehead atoms. The molecule has 1 N–H and O–H groups in total.